The van der Waals surface area contributed by atoms with E-state index < -0.39 is 0 Å². The van der Waals surface area contributed by atoms with Crippen molar-refractivity contribution in [2.45, 2.75) is 51.1 Å². The van der Waals surface area contributed by atoms with Gasteiger partial charge in [0.1, 0.15) is 0 Å². The molecule has 1 saturated heterocycles. The first-order chi connectivity index (χ1) is 8.27. The van der Waals surface area contributed by atoms with E-state index in [4.69, 9.17) is 5.73 Å². The molecule has 17 heavy (non-hydrogen) atoms. The van der Waals surface area contributed by atoms with Crippen LogP contribution in [0.15, 0.2) is 6.07 Å². The molecule has 2 aliphatic rings. The largest absolute Gasteiger partial charge is 0.345 e. The summed E-state index contributed by atoms with van der Waals surface area (Å²) in [7, 11) is 0. The van der Waals surface area contributed by atoms with E-state index in [9.17, 15) is 0 Å². The lowest BCUT2D eigenvalue weighted by atomic mass is 9.93. The number of aromatic nitrogens is 1. The van der Waals surface area contributed by atoms with Crippen LogP contribution in [0.3, 0.4) is 0 Å². The maximum Gasteiger partial charge on any atom is 0.0426 e. The zero-order chi connectivity index (χ0) is 11.8. The van der Waals surface area contributed by atoms with Crippen LogP contribution in [-0.4, -0.2) is 16.1 Å². The van der Waals surface area contributed by atoms with Crippen molar-refractivity contribution in [3.05, 3.63) is 23.0 Å². The van der Waals surface area contributed by atoms with Gasteiger partial charge in [-0.25, -0.2) is 0 Å². The Labute approximate surface area is 108 Å². The molecule has 0 spiro atoms. The molecule has 3 heteroatoms. The molecule has 0 amide bonds. The summed E-state index contributed by atoms with van der Waals surface area (Å²) in [6, 6.07) is 3.36. The van der Waals surface area contributed by atoms with Crippen molar-refractivity contribution in [2.75, 3.05) is 11.5 Å². The van der Waals surface area contributed by atoms with Crippen LogP contribution in [0.5, 0.6) is 0 Å². The van der Waals surface area contributed by atoms with Gasteiger partial charge in [0.15, 0.2) is 0 Å². The SMILES string of the molecule is Cc1cc2c(n1C1CCCSC1)CCCC2N. The second-order valence-corrected chi connectivity index (χ2v) is 6.58. The molecule has 2 nitrogen and oxygen atoms in total. The molecule has 94 valence electrons. The van der Waals surface area contributed by atoms with Gasteiger partial charge in [-0.1, -0.05) is 0 Å². The molecule has 2 heterocycles. The molecule has 2 unspecified atom stereocenters. The summed E-state index contributed by atoms with van der Waals surface area (Å²) < 4.78 is 2.61. The molecule has 1 aliphatic heterocycles. The molecule has 2 N–H and O–H groups in total. The van der Waals surface area contributed by atoms with Crippen molar-refractivity contribution in [3.63, 3.8) is 0 Å². The smallest absolute Gasteiger partial charge is 0.0426 e. The van der Waals surface area contributed by atoms with E-state index in [0.29, 0.717) is 0 Å². The zero-order valence-corrected chi connectivity index (χ0v) is 11.4. The molecule has 0 radical (unpaired) electrons. The van der Waals surface area contributed by atoms with Gasteiger partial charge in [-0.15, -0.1) is 0 Å². The van der Waals surface area contributed by atoms with E-state index in [1.54, 1.807) is 5.69 Å². The Bertz CT molecular complexity index is 405. The average molecular weight is 250 g/mol. The lowest BCUT2D eigenvalue weighted by Gasteiger charge is -2.29. The third-order valence-electron chi connectivity index (χ3n) is 4.20. The minimum absolute atomic E-state index is 0.287. The number of rotatable bonds is 1. The molecular weight excluding hydrogens is 228 g/mol. The number of thioether (sulfide) groups is 1. The lowest BCUT2D eigenvalue weighted by Crippen LogP contribution is -2.23. The minimum Gasteiger partial charge on any atom is -0.345 e. The molecule has 0 saturated carbocycles. The van der Waals surface area contributed by atoms with Crippen LogP contribution in [0.1, 0.15) is 54.7 Å². The number of nitrogens with two attached hydrogens (primary N) is 1. The van der Waals surface area contributed by atoms with Crippen molar-refractivity contribution < 1.29 is 0 Å². The summed E-state index contributed by atoms with van der Waals surface area (Å²) in [4.78, 5) is 0. The molecule has 1 fully saturated rings. The number of fused-ring (bicyclic) bond motifs is 1. The quantitative estimate of drug-likeness (QED) is 0.830. The van der Waals surface area contributed by atoms with Crippen LogP contribution in [0, 0.1) is 6.92 Å². The van der Waals surface area contributed by atoms with E-state index in [0.717, 1.165) is 12.5 Å². The molecule has 0 aromatic carbocycles. The Balaban J connectivity index is 1.98. The van der Waals surface area contributed by atoms with Gasteiger partial charge >= 0.3 is 0 Å². The third-order valence-corrected chi connectivity index (χ3v) is 5.40. The number of nitrogens with zero attached hydrogens (tertiary/aromatic N) is 1. The Morgan fingerprint density at radius 1 is 1.35 bits per heavy atom. The fourth-order valence-corrected chi connectivity index (χ4v) is 4.52. The van der Waals surface area contributed by atoms with E-state index in [1.165, 1.54) is 48.4 Å². The topological polar surface area (TPSA) is 30.9 Å². The van der Waals surface area contributed by atoms with Gasteiger partial charge in [-0.2, -0.15) is 11.8 Å². The second kappa shape index (κ2) is 4.69. The van der Waals surface area contributed by atoms with Crippen LogP contribution in [-0.2, 0) is 6.42 Å². The predicted molar refractivity (Wildman–Crippen MR) is 74.6 cm³/mol. The molecule has 1 aromatic heterocycles. The third kappa shape index (κ3) is 2.04. The van der Waals surface area contributed by atoms with Crippen LogP contribution in [0.2, 0.25) is 0 Å². The summed E-state index contributed by atoms with van der Waals surface area (Å²) in [5.74, 6) is 2.63. The van der Waals surface area contributed by atoms with Gasteiger partial charge in [-0.3, -0.25) is 0 Å². The number of hydrogen-bond acceptors (Lipinski definition) is 2. The van der Waals surface area contributed by atoms with Gasteiger partial charge in [-0.05, 0) is 56.4 Å². The van der Waals surface area contributed by atoms with Crippen LogP contribution >= 0.6 is 11.8 Å². The van der Waals surface area contributed by atoms with E-state index >= 15 is 0 Å². The normalized spacial score (nSPS) is 29.1. The lowest BCUT2D eigenvalue weighted by molar-refractivity contribution is 0.458. The molecule has 2 atom stereocenters. The number of hydrogen-bond donors (Lipinski definition) is 1. The Kier molecular flexibility index (Phi) is 3.22. The standard InChI is InChI=1S/C14H22N2S/c1-10-8-12-13(15)5-2-6-14(12)16(10)11-4-3-7-17-9-11/h8,11,13H,2-7,9,15H2,1H3. The highest BCUT2D eigenvalue weighted by atomic mass is 32.2. The van der Waals surface area contributed by atoms with Gasteiger partial charge in [0.2, 0.25) is 0 Å². The summed E-state index contributed by atoms with van der Waals surface area (Å²) >= 11 is 2.11. The summed E-state index contributed by atoms with van der Waals surface area (Å²) in [6.45, 7) is 2.25. The average Bonchev–Trinajstić information content (AvgIpc) is 2.68. The van der Waals surface area contributed by atoms with Gasteiger partial charge in [0, 0.05) is 29.2 Å². The Morgan fingerprint density at radius 3 is 3.00 bits per heavy atom. The van der Waals surface area contributed by atoms with Crippen molar-refractivity contribution in [1.82, 2.24) is 4.57 Å². The fourth-order valence-electron chi connectivity index (χ4n) is 3.40. The van der Waals surface area contributed by atoms with Crippen molar-refractivity contribution >= 4 is 11.8 Å². The first-order valence-corrected chi connectivity index (χ1v) is 7.97. The highest BCUT2D eigenvalue weighted by Crippen LogP contribution is 2.36. The second-order valence-electron chi connectivity index (χ2n) is 5.43. The van der Waals surface area contributed by atoms with Crippen LogP contribution in [0.4, 0.5) is 0 Å². The van der Waals surface area contributed by atoms with Gasteiger partial charge < -0.3 is 10.3 Å². The highest BCUT2D eigenvalue weighted by Gasteiger charge is 2.26. The first-order valence-electron chi connectivity index (χ1n) is 6.81. The zero-order valence-electron chi connectivity index (χ0n) is 10.6. The number of aryl methyl sites for hydroxylation is 1. The molecule has 0 bridgehead atoms. The van der Waals surface area contributed by atoms with Crippen molar-refractivity contribution in [2.24, 2.45) is 5.73 Å². The van der Waals surface area contributed by atoms with Gasteiger partial charge in [0.05, 0.1) is 0 Å². The first kappa shape index (κ1) is 11.7. The molecular formula is C14H22N2S. The Hall–Kier alpha value is -0.410. The van der Waals surface area contributed by atoms with Crippen molar-refractivity contribution in [3.8, 4) is 0 Å². The van der Waals surface area contributed by atoms with Crippen molar-refractivity contribution in [1.29, 1.82) is 0 Å². The fraction of sp³-hybridized carbons (Fsp3) is 0.714. The minimum atomic E-state index is 0.287. The summed E-state index contributed by atoms with van der Waals surface area (Å²) in [6.07, 6.45) is 6.38. The molecule has 1 aliphatic carbocycles. The van der Waals surface area contributed by atoms with Crippen LogP contribution < -0.4 is 5.73 Å². The molecule has 1 aromatic rings. The summed E-state index contributed by atoms with van der Waals surface area (Å²) in [5, 5.41) is 0. The Morgan fingerprint density at radius 2 is 2.24 bits per heavy atom. The monoisotopic (exact) mass is 250 g/mol. The van der Waals surface area contributed by atoms with Crippen LogP contribution in [0.25, 0.3) is 0 Å². The van der Waals surface area contributed by atoms with E-state index in [1.807, 2.05) is 0 Å². The van der Waals surface area contributed by atoms with E-state index in [-0.39, 0.29) is 6.04 Å². The van der Waals surface area contributed by atoms with Gasteiger partial charge in [0.25, 0.3) is 0 Å². The molecule has 3 rings (SSSR count). The highest BCUT2D eigenvalue weighted by molar-refractivity contribution is 7.99. The van der Waals surface area contributed by atoms with E-state index in [2.05, 4.69) is 29.3 Å². The summed E-state index contributed by atoms with van der Waals surface area (Å²) in [5.41, 5.74) is 10.7. The maximum absolute atomic E-state index is 6.24. The maximum atomic E-state index is 6.24. The predicted octanol–water partition coefficient (Wildman–Crippen LogP) is 3.20.